The van der Waals surface area contributed by atoms with Crippen molar-refractivity contribution < 1.29 is 9.59 Å². The summed E-state index contributed by atoms with van der Waals surface area (Å²) in [5.41, 5.74) is 1.45. The third-order valence-electron chi connectivity index (χ3n) is 10.4. The normalized spacial score (nSPS) is 40.5. The Balaban J connectivity index is 1.29. The molecule has 33 heavy (non-hydrogen) atoms. The van der Waals surface area contributed by atoms with Crippen molar-refractivity contribution in [3.63, 3.8) is 0 Å². The summed E-state index contributed by atoms with van der Waals surface area (Å²) in [6.07, 6.45) is 10.8. The van der Waals surface area contributed by atoms with Gasteiger partial charge in [-0.25, -0.2) is 0 Å². The summed E-state index contributed by atoms with van der Waals surface area (Å²) in [6, 6.07) is 10.8. The van der Waals surface area contributed by atoms with Crippen molar-refractivity contribution in [1.82, 2.24) is 10.2 Å². The molecule has 1 aliphatic heterocycles. The SMILES string of the molecule is CC(CNC(=O)C1CC[C@H]2[C@@H]3CC[C@H]4N(C)C(=O)C=C[C@]4(C)[C@H]3CC[C@]12C)c1ccccc1. The zero-order valence-electron chi connectivity index (χ0n) is 20.7. The van der Waals surface area contributed by atoms with Crippen LogP contribution >= 0.6 is 0 Å². The molecule has 0 spiro atoms. The van der Waals surface area contributed by atoms with Crippen LogP contribution in [0.4, 0.5) is 0 Å². The Morgan fingerprint density at radius 1 is 1.09 bits per heavy atom. The molecule has 3 saturated carbocycles. The number of amides is 2. The summed E-state index contributed by atoms with van der Waals surface area (Å²) < 4.78 is 0. The molecule has 4 nitrogen and oxygen atoms in total. The number of hydrogen-bond donors (Lipinski definition) is 1. The molecule has 4 aliphatic rings. The highest BCUT2D eigenvalue weighted by Gasteiger charge is 2.61. The maximum Gasteiger partial charge on any atom is 0.246 e. The van der Waals surface area contributed by atoms with E-state index in [2.05, 4.69) is 56.4 Å². The number of fused-ring (bicyclic) bond motifs is 5. The van der Waals surface area contributed by atoms with Crippen molar-refractivity contribution in [3.05, 3.63) is 48.0 Å². The fourth-order valence-electron chi connectivity index (χ4n) is 8.45. The fourth-order valence-corrected chi connectivity index (χ4v) is 8.45. The van der Waals surface area contributed by atoms with Gasteiger partial charge >= 0.3 is 0 Å². The summed E-state index contributed by atoms with van der Waals surface area (Å²) in [6.45, 7) is 7.70. The lowest BCUT2D eigenvalue weighted by Crippen LogP contribution is -2.59. The number of rotatable bonds is 4. The fraction of sp³-hybridized carbons (Fsp3) is 0.655. The van der Waals surface area contributed by atoms with Gasteiger partial charge in [0.1, 0.15) is 0 Å². The van der Waals surface area contributed by atoms with Crippen LogP contribution in [0.2, 0.25) is 0 Å². The van der Waals surface area contributed by atoms with Gasteiger partial charge in [-0.3, -0.25) is 9.59 Å². The molecule has 3 aliphatic carbocycles. The van der Waals surface area contributed by atoms with Crippen LogP contribution in [-0.2, 0) is 9.59 Å². The second kappa shape index (κ2) is 8.29. The van der Waals surface area contributed by atoms with Crippen LogP contribution in [0.5, 0.6) is 0 Å². The molecule has 0 radical (unpaired) electrons. The van der Waals surface area contributed by atoms with E-state index < -0.39 is 0 Å². The van der Waals surface area contributed by atoms with Crippen molar-refractivity contribution in [2.75, 3.05) is 13.6 Å². The number of nitrogens with zero attached hydrogens (tertiary/aromatic N) is 1. The first-order valence-corrected chi connectivity index (χ1v) is 13.0. The van der Waals surface area contributed by atoms with Gasteiger partial charge in [-0.05, 0) is 79.3 Å². The van der Waals surface area contributed by atoms with Crippen molar-refractivity contribution in [2.24, 2.45) is 34.5 Å². The maximum absolute atomic E-state index is 13.4. The summed E-state index contributed by atoms with van der Waals surface area (Å²) >= 11 is 0. The topological polar surface area (TPSA) is 49.4 Å². The smallest absolute Gasteiger partial charge is 0.246 e. The third kappa shape index (κ3) is 3.56. The first-order chi connectivity index (χ1) is 15.8. The van der Waals surface area contributed by atoms with Crippen molar-refractivity contribution >= 4 is 11.8 Å². The number of hydrogen-bond acceptors (Lipinski definition) is 2. The summed E-state index contributed by atoms with van der Waals surface area (Å²) in [5, 5.41) is 3.32. The molecule has 1 heterocycles. The summed E-state index contributed by atoms with van der Waals surface area (Å²) in [4.78, 5) is 27.7. The Hall–Kier alpha value is -2.10. The minimum atomic E-state index is 0.0678. The first-order valence-electron chi connectivity index (χ1n) is 13.0. The lowest BCUT2D eigenvalue weighted by Gasteiger charge is -2.60. The molecule has 1 aromatic rings. The van der Waals surface area contributed by atoms with Gasteiger partial charge in [0.2, 0.25) is 11.8 Å². The number of carbonyl (C=O) groups is 2. The van der Waals surface area contributed by atoms with E-state index in [-0.39, 0.29) is 28.6 Å². The third-order valence-corrected chi connectivity index (χ3v) is 10.4. The monoisotopic (exact) mass is 448 g/mol. The Kier molecular flexibility index (Phi) is 5.69. The molecular weight excluding hydrogens is 408 g/mol. The van der Waals surface area contributed by atoms with Gasteiger partial charge in [-0.1, -0.05) is 57.2 Å². The van der Waals surface area contributed by atoms with E-state index in [1.54, 1.807) is 0 Å². The zero-order valence-corrected chi connectivity index (χ0v) is 20.7. The Bertz CT molecular complexity index is 942. The zero-order chi connectivity index (χ0) is 23.4. The maximum atomic E-state index is 13.4. The van der Waals surface area contributed by atoms with E-state index in [9.17, 15) is 9.59 Å². The van der Waals surface area contributed by atoms with Crippen LogP contribution in [-0.4, -0.2) is 36.3 Å². The second-order valence-corrected chi connectivity index (χ2v) is 11.8. The van der Waals surface area contributed by atoms with Crippen LogP contribution in [0.25, 0.3) is 0 Å². The average molecular weight is 449 g/mol. The van der Waals surface area contributed by atoms with Gasteiger partial charge in [0, 0.05) is 31.0 Å². The molecule has 5 rings (SSSR count). The lowest BCUT2D eigenvalue weighted by atomic mass is 9.47. The lowest BCUT2D eigenvalue weighted by molar-refractivity contribution is -0.142. The molecule has 4 heteroatoms. The van der Waals surface area contributed by atoms with Crippen LogP contribution in [0.15, 0.2) is 42.5 Å². The summed E-state index contributed by atoms with van der Waals surface area (Å²) in [5.74, 6) is 2.76. The van der Waals surface area contributed by atoms with E-state index in [0.29, 0.717) is 36.3 Å². The molecule has 0 bridgehead atoms. The Morgan fingerprint density at radius 2 is 1.85 bits per heavy atom. The number of nitrogens with one attached hydrogen (secondary N) is 1. The van der Waals surface area contributed by atoms with Crippen LogP contribution in [0.1, 0.15) is 70.8 Å². The first kappa shape index (κ1) is 22.7. The quantitative estimate of drug-likeness (QED) is 0.691. The number of benzene rings is 1. The standard InChI is InChI=1S/C29H40N2O2/c1-19(20-8-6-5-7-9-20)18-30-27(33)24-12-11-22-21-10-13-25-29(3,17-15-26(32)31(25)4)23(21)14-16-28(22,24)2/h5-9,15,17,19,21-25H,10-14,16,18H2,1-4H3,(H,30,33)/t19?,21-,22-,23-,24?,25+,28-,29+/m0/s1. The Morgan fingerprint density at radius 3 is 2.61 bits per heavy atom. The van der Waals surface area contributed by atoms with Crippen molar-refractivity contribution in [3.8, 4) is 0 Å². The molecule has 1 aromatic carbocycles. The molecular formula is C29H40N2O2. The van der Waals surface area contributed by atoms with Gasteiger partial charge in [0.15, 0.2) is 0 Å². The van der Waals surface area contributed by atoms with Gasteiger partial charge in [-0.2, -0.15) is 0 Å². The van der Waals surface area contributed by atoms with Crippen LogP contribution < -0.4 is 5.32 Å². The highest BCUT2D eigenvalue weighted by molar-refractivity contribution is 5.89. The second-order valence-electron chi connectivity index (χ2n) is 11.8. The minimum absolute atomic E-state index is 0.0678. The number of carbonyl (C=O) groups excluding carboxylic acids is 2. The molecule has 3 fully saturated rings. The van der Waals surface area contributed by atoms with E-state index in [4.69, 9.17) is 0 Å². The highest BCUT2D eigenvalue weighted by Crippen LogP contribution is 2.65. The van der Waals surface area contributed by atoms with E-state index in [1.165, 1.54) is 24.8 Å². The summed E-state index contributed by atoms with van der Waals surface area (Å²) in [7, 11) is 1.98. The predicted octanol–water partition coefficient (Wildman–Crippen LogP) is 5.16. The molecule has 1 N–H and O–H groups in total. The van der Waals surface area contributed by atoms with Crippen molar-refractivity contribution in [1.29, 1.82) is 0 Å². The van der Waals surface area contributed by atoms with Crippen LogP contribution in [0.3, 0.4) is 0 Å². The van der Waals surface area contributed by atoms with Crippen LogP contribution in [0, 0.1) is 34.5 Å². The molecule has 0 aromatic heterocycles. The molecule has 2 unspecified atom stereocenters. The van der Waals surface area contributed by atoms with E-state index in [0.717, 1.165) is 19.3 Å². The highest BCUT2D eigenvalue weighted by atomic mass is 16.2. The van der Waals surface area contributed by atoms with Crippen molar-refractivity contribution in [2.45, 2.75) is 71.3 Å². The Labute approximate surface area is 199 Å². The predicted molar refractivity (Wildman–Crippen MR) is 131 cm³/mol. The molecule has 178 valence electrons. The molecule has 0 saturated heterocycles. The van der Waals surface area contributed by atoms with Gasteiger partial charge < -0.3 is 10.2 Å². The minimum Gasteiger partial charge on any atom is -0.355 e. The van der Waals surface area contributed by atoms with Gasteiger partial charge in [-0.15, -0.1) is 0 Å². The molecule has 2 amide bonds. The average Bonchev–Trinajstić information content (AvgIpc) is 3.18. The largest absolute Gasteiger partial charge is 0.355 e. The van der Waals surface area contributed by atoms with E-state index >= 15 is 0 Å². The van der Waals surface area contributed by atoms with E-state index in [1.807, 2.05) is 24.1 Å². The van der Waals surface area contributed by atoms with Gasteiger partial charge in [0.05, 0.1) is 0 Å². The van der Waals surface area contributed by atoms with Gasteiger partial charge in [0.25, 0.3) is 0 Å². The number of likely N-dealkylation sites (N-methyl/N-ethyl adjacent to an activating group) is 1. The molecule has 8 atom stereocenters.